The van der Waals surface area contributed by atoms with Crippen molar-refractivity contribution in [2.24, 2.45) is 0 Å². The summed E-state index contributed by atoms with van der Waals surface area (Å²) < 4.78 is 17.9. The van der Waals surface area contributed by atoms with Gasteiger partial charge in [0.1, 0.15) is 13.2 Å². The van der Waals surface area contributed by atoms with Gasteiger partial charge in [-0.05, 0) is 72.0 Å². The monoisotopic (exact) mass is 495 g/mol. The van der Waals surface area contributed by atoms with Crippen molar-refractivity contribution < 1.29 is 19.3 Å². The molecule has 1 unspecified atom stereocenters. The summed E-state index contributed by atoms with van der Waals surface area (Å²) >= 11 is 0. The molecule has 0 aromatic heterocycles. The number of rotatable bonds is 9. The summed E-state index contributed by atoms with van der Waals surface area (Å²) in [7, 11) is 3.85. The average Bonchev–Trinajstić information content (AvgIpc) is 2.94. The molecule has 5 nitrogen and oxygen atoms in total. The zero-order valence-corrected chi connectivity index (χ0v) is 21.4. The Morgan fingerprint density at radius 3 is 2.05 bits per heavy atom. The molecule has 190 valence electrons. The maximum Gasteiger partial charge on any atom is 0.162 e. The summed E-state index contributed by atoms with van der Waals surface area (Å²) in [4.78, 5) is 2.38. The van der Waals surface area contributed by atoms with Gasteiger partial charge >= 0.3 is 0 Å². The normalized spacial score (nSPS) is 15.1. The summed E-state index contributed by atoms with van der Waals surface area (Å²) in [5.41, 5.74) is 5.81. The van der Waals surface area contributed by atoms with Crippen molar-refractivity contribution in [3.63, 3.8) is 0 Å². The number of methoxy groups -OCH3 is 1. The van der Waals surface area contributed by atoms with E-state index in [-0.39, 0.29) is 11.8 Å². The lowest BCUT2D eigenvalue weighted by Gasteiger charge is -2.35. The number of ether oxygens (including phenoxy) is 3. The van der Waals surface area contributed by atoms with Crippen LogP contribution in [0.3, 0.4) is 0 Å². The van der Waals surface area contributed by atoms with Gasteiger partial charge in [-0.2, -0.15) is 0 Å². The van der Waals surface area contributed by atoms with Gasteiger partial charge in [-0.15, -0.1) is 0 Å². The fourth-order valence-electron chi connectivity index (χ4n) is 4.87. The largest absolute Gasteiger partial charge is 0.504 e. The third-order valence-corrected chi connectivity index (χ3v) is 6.98. The molecule has 0 amide bonds. The first kappa shape index (κ1) is 24.7. The lowest BCUT2D eigenvalue weighted by Crippen LogP contribution is -2.33. The van der Waals surface area contributed by atoms with E-state index in [9.17, 15) is 5.11 Å². The van der Waals surface area contributed by atoms with Crippen molar-refractivity contribution in [1.82, 2.24) is 4.90 Å². The van der Waals surface area contributed by atoms with Crippen LogP contribution in [0.4, 0.5) is 0 Å². The maximum absolute atomic E-state index is 10.4. The molecule has 0 bridgehead atoms. The Balaban J connectivity index is 1.37. The molecule has 37 heavy (non-hydrogen) atoms. The van der Waals surface area contributed by atoms with E-state index in [2.05, 4.69) is 36.2 Å². The quantitative estimate of drug-likeness (QED) is 0.294. The molecule has 5 heteroatoms. The molecule has 1 aliphatic rings. The summed E-state index contributed by atoms with van der Waals surface area (Å²) in [6.07, 6.45) is 1.74. The van der Waals surface area contributed by atoms with E-state index in [1.807, 2.05) is 60.7 Å². The highest BCUT2D eigenvalue weighted by molar-refractivity contribution is 5.50. The molecule has 0 spiro atoms. The number of hydrogen-bond acceptors (Lipinski definition) is 5. The number of aromatic hydroxyl groups is 1. The second-order valence-corrected chi connectivity index (χ2v) is 9.50. The van der Waals surface area contributed by atoms with Crippen molar-refractivity contribution in [2.45, 2.75) is 32.1 Å². The van der Waals surface area contributed by atoms with Gasteiger partial charge in [0.2, 0.25) is 0 Å². The van der Waals surface area contributed by atoms with E-state index < -0.39 is 0 Å². The molecule has 4 aromatic rings. The Labute approximate surface area is 218 Å². The molecule has 0 radical (unpaired) electrons. The Morgan fingerprint density at radius 1 is 0.757 bits per heavy atom. The Bertz CT molecular complexity index is 1320. The topological polar surface area (TPSA) is 51.2 Å². The highest BCUT2D eigenvalue weighted by Gasteiger charge is 2.27. The van der Waals surface area contributed by atoms with Gasteiger partial charge in [-0.3, -0.25) is 4.90 Å². The van der Waals surface area contributed by atoms with E-state index in [0.717, 1.165) is 47.6 Å². The van der Waals surface area contributed by atoms with Crippen molar-refractivity contribution in [1.29, 1.82) is 0 Å². The standard InChI is InChI=1S/C32H33NO4/c1-33-16-15-26-19-31(35-2)32(37-22-24-11-7-4-8-12-24)20-27(26)28(33)17-25-13-14-29(34)30(18-25)36-21-23-9-5-3-6-10-23/h3-14,18-20,28,34H,15-17,21-22H2,1-2H3. The molecule has 0 fully saturated rings. The van der Waals surface area contributed by atoms with Crippen LogP contribution in [-0.2, 0) is 26.1 Å². The van der Waals surface area contributed by atoms with Gasteiger partial charge in [0.15, 0.2) is 23.0 Å². The molecular weight excluding hydrogens is 462 g/mol. The molecule has 1 atom stereocenters. The molecule has 0 aliphatic carbocycles. The smallest absolute Gasteiger partial charge is 0.162 e. The number of nitrogens with zero attached hydrogens (tertiary/aromatic N) is 1. The number of phenols is 1. The van der Waals surface area contributed by atoms with Crippen LogP contribution in [0.1, 0.15) is 33.9 Å². The van der Waals surface area contributed by atoms with Crippen LogP contribution in [0, 0.1) is 0 Å². The maximum atomic E-state index is 10.4. The second kappa shape index (κ2) is 11.4. The fourth-order valence-corrected chi connectivity index (χ4v) is 4.87. The Morgan fingerprint density at radius 2 is 1.41 bits per heavy atom. The van der Waals surface area contributed by atoms with Crippen LogP contribution in [0.15, 0.2) is 91.0 Å². The van der Waals surface area contributed by atoms with E-state index in [0.29, 0.717) is 19.0 Å². The number of hydrogen-bond donors (Lipinski definition) is 1. The number of phenolic OH excluding ortho intramolecular Hbond substituents is 1. The lowest BCUT2D eigenvalue weighted by molar-refractivity contribution is 0.226. The van der Waals surface area contributed by atoms with Crippen LogP contribution < -0.4 is 14.2 Å². The van der Waals surface area contributed by atoms with Crippen LogP contribution in [0.25, 0.3) is 0 Å². The molecular formula is C32H33NO4. The van der Waals surface area contributed by atoms with Crippen molar-refractivity contribution >= 4 is 0 Å². The predicted octanol–water partition coefficient (Wildman–Crippen LogP) is 6.33. The van der Waals surface area contributed by atoms with Gasteiger partial charge < -0.3 is 19.3 Å². The molecule has 1 heterocycles. The number of likely N-dealkylation sites (N-methyl/N-ethyl adjacent to an activating group) is 1. The van der Waals surface area contributed by atoms with E-state index >= 15 is 0 Å². The first-order valence-corrected chi connectivity index (χ1v) is 12.7. The predicted molar refractivity (Wildman–Crippen MR) is 145 cm³/mol. The first-order chi connectivity index (χ1) is 18.1. The molecule has 4 aromatic carbocycles. The van der Waals surface area contributed by atoms with E-state index in [4.69, 9.17) is 14.2 Å². The average molecular weight is 496 g/mol. The zero-order chi connectivity index (χ0) is 25.6. The molecule has 1 aliphatic heterocycles. The Kier molecular flexibility index (Phi) is 7.62. The third kappa shape index (κ3) is 5.89. The summed E-state index contributed by atoms with van der Waals surface area (Å²) in [5.74, 6) is 2.17. The van der Waals surface area contributed by atoms with Crippen LogP contribution in [0.2, 0.25) is 0 Å². The molecule has 5 rings (SSSR count). The van der Waals surface area contributed by atoms with E-state index in [1.165, 1.54) is 11.1 Å². The first-order valence-electron chi connectivity index (χ1n) is 12.7. The SMILES string of the molecule is COc1cc2c(cc1OCc1ccccc1)C(Cc1ccc(O)c(OCc3ccccc3)c1)N(C)CC2. The Hall–Kier alpha value is -3.96. The number of fused-ring (bicyclic) bond motifs is 1. The zero-order valence-electron chi connectivity index (χ0n) is 21.4. The van der Waals surface area contributed by atoms with Crippen LogP contribution in [-0.4, -0.2) is 30.7 Å². The molecule has 1 N–H and O–H groups in total. The minimum Gasteiger partial charge on any atom is -0.504 e. The minimum absolute atomic E-state index is 0.151. The van der Waals surface area contributed by atoms with E-state index in [1.54, 1.807) is 13.2 Å². The highest BCUT2D eigenvalue weighted by atomic mass is 16.5. The van der Waals surface area contributed by atoms with Crippen LogP contribution >= 0.6 is 0 Å². The summed E-state index contributed by atoms with van der Waals surface area (Å²) in [5, 5.41) is 10.4. The van der Waals surface area contributed by atoms with Gasteiger partial charge in [0.05, 0.1) is 7.11 Å². The molecule has 0 saturated heterocycles. The van der Waals surface area contributed by atoms with Crippen molar-refractivity contribution in [3.05, 3.63) is 119 Å². The number of benzene rings is 4. The lowest BCUT2D eigenvalue weighted by atomic mass is 9.88. The van der Waals surface area contributed by atoms with Gasteiger partial charge in [-0.25, -0.2) is 0 Å². The minimum atomic E-state index is 0.151. The van der Waals surface area contributed by atoms with Gasteiger partial charge in [0, 0.05) is 12.6 Å². The van der Waals surface area contributed by atoms with Crippen molar-refractivity contribution in [2.75, 3.05) is 20.7 Å². The van der Waals surface area contributed by atoms with Crippen molar-refractivity contribution in [3.8, 4) is 23.0 Å². The summed E-state index contributed by atoms with van der Waals surface area (Å²) in [6.45, 7) is 1.85. The second-order valence-electron chi connectivity index (χ2n) is 9.50. The van der Waals surface area contributed by atoms with Gasteiger partial charge in [-0.1, -0.05) is 66.7 Å². The van der Waals surface area contributed by atoms with Gasteiger partial charge in [0.25, 0.3) is 0 Å². The molecule has 0 saturated carbocycles. The third-order valence-electron chi connectivity index (χ3n) is 6.98. The highest BCUT2D eigenvalue weighted by Crippen LogP contribution is 2.40. The fraction of sp³-hybridized carbons (Fsp3) is 0.250. The van der Waals surface area contributed by atoms with Crippen LogP contribution in [0.5, 0.6) is 23.0 Å². The summed E-state index contributed by atoms with van der Waals surface area (Å²) in [6, 6.07) is 30.2.